The third-order valence-corrected chi connectivity index (χ3v) is 9.29. The molecular weight excluding hydrogens is 298 g/mol. The first-order chi connectivity index (χ1) is 11.5. The van der Waals surface area contributed by atoms with E-state index in [0.717, 1.165) is 49.1 Å². The van der Waals surface area contributed by atoms with Crippen molar-refractivity contribution in [2.75, 3.05) is 13.2 Å². The Morgan fingerprint density at radius 3 is 2.46 bits per heavy atom. The van der Waals surface area contributed by atoms with Crippen molar-refractivity contribution in [3.63, 3.8) is 0 Å². The van der Waals surface area contributed by atoms with Crippen molar-refractivity contribution in [1.29, 1.82) is 0 Å². The molecule has 24 heavy (non-hydrogen) atoms. The Balaban J connectivity index is 1.54. The van der Waals surface area contributed by atoms with Crippen LogP contribution >= 0.6 is 0 Å². The molecule has 0 bridgehead atoms. The van der Waals surface area contributed by atoms with Crippen LogP contribution in [0.25, 0.3) is 0 Å². The Morgan fingerprint density at radius 1 is 0.917 bits per heavy atom. The summed E-state index contributed by atoms with van der Waals surface area (Å²) in [4.78, 5) is 0. The van der Waals surface area contributed by atoms with Gasteiger partial charge in [-0.2, -0.15) is 0 Å². The molecule has 0 aromatic rings. The molecule has 4 fully saturated rings. The summed E-state index contributed by atoms with van der Waals surface area (Å²) >= 11 is 0. The van der Waals surface area contributed by atoms with Crippen molar-refractivity contribution >= 4 is 0 Å². The fourth-order valence-corrected chi connectivity index (χ4v) is 7.94. The molecule has 0 aromatic carbocycles. The SMILES string of the molecule is C[C@]12CC[C@@H](O)C[C@@H]1CC[C@@H]1[C@H]3CC[C@H]([NH2+]CCO)[C@@]3(C)CC[C@@H]12. The number of aliphatic hydroxyl groups excluding tert-OH is 2. The van der Waals surface area contributed by atoms with Gasteiger partial charge in [0.2, 0.25) is 0 Å². The van der Waals surface area contributed by atoms with Gasteiger partial charge in [0.15, 0.2) is 0 Å². The van der Waals surface area contributed by atoms with Gasteiger partial charge in [-0.25, -0.2) is 0 Å². The normalized spacial score (nSPS) is 54.0. The first kappa shape index (κ1) is 17.3. The quantitative estimate of drug-likeness (QED) is 0.741. The van der Waals surface area contributed by atoms with Crippen molar-refractivity contribution in [2.24, 2.45) is 34.5 Å². The first-order valence-corrected chi connectivity index (χ1v) is 10.6. The summed E-state index contributed by atoms with van der Waals surface area (Å²) in [5.41, 5.74) is 0.990. The molecule has 0 aromatic heterocycles. The van der Waals surface area contributed by atoms with E-state index in [9.17, 15) is 10.2 Å². The number of quaternary nitrogens is 1. The monoisotopic (exact) mass is 336 g/mol. The van der Waals surface area contributed by atoms with Crippen molar-refractivity contribution < 1.29 is 15.5 Å². The maximum absolute atomic E-state index is 10.1. The van der Waals surface area contributed by atoms with Gasteiger partial charge in [0, 0.05) is 11.8 Å². The lowest BCUT2D eigenvalue weighted by Crippen LogP contribution is -2.93. The van der Waals surface area contributed by atoms with Crippen molar-refractivity contribution in [3.05, 3.63) is 0 Å². The number of rotatable bonds is 3. The van der Waals surface area contributed by atoms with Crippen molar-refractivity contribution in [2.45, 2.75) is 83.8 Å². The minimum atomic E-state index is -0.0302. The molecule has 4 rings (SSSR count). The molecule has 4 aliphatic carbocycles. The summed E-state index contributed by atoms with van der Waals surface area (Å²) in [5, 5.41) is 21.8. The zero-order valence-corrected chi connectivity index (χ0v) is 15.7. The minimum Gasteiger partial charge on any atom is -0.393 e. The van der Waals surface area contributed by atoms with Crippen LogP contribution < -0.4 is 5.32 Å². The standard InChI is InChI=1S/C21H37NO2/c1-20-9-7-15(24)13-14(20)3-4-16-17-5-6-19(22-11-12-23)21(17,2)10-8-18(16)20/h14-19,22-24H,3-13H2,1-2H3/p+1/t14-,15+,16+,17+,18-,19-,20-,21-/m0/s1. The van der Waals surface area contributed by atoms with E-state index < -0.39 is 0 Å². The largest absolute Gasteiger partial charge is 0.393 e. The van der Waals surface area contributed by atoms with Crippen LogP contribution in [0.3, 0.4) is 0 Å². The highest BCUT2D eigenvalue weighted by atomic mass is 16.3. The number of aliphatic hydroxyl groups is 2. The lowest BCUT2D eigenvalue weighted by Gasteiger charge is -2.60. The van der Waals surface area contributed by atoms with Crippen LogP contribution in [0.15, 0.2) is 0 Å². The molecule has 0 saturated heterocycles. The average Bonchev–Trinajstić information content (AvgIpc) is 2.90. The zero-order chi connectivity index (χ0) is 16.9. The highest BCUT2D eigenvalue weighted by Crippen LogP contribution is 2.65. The summed E-state index contributed by atoms with van der Waals surface area (Å²) in [5.74, 6) is 3.50. The molecule has 0 unspecified atom stereocenters. The molecule has 0 amide bonds. The van der Waals surface area contributed by atoms with Crippen LogP contribution in [0, 0.1) is 34.5 Å². The average molecular weight is 337 g/mol. The van der Waals surface area contributed by atoms with E-state index in [-0.39, 0.29) is 6.10 Å². The molecule has 3 heteroatoms. The van der Waals surface area contributed by atoms with Gasteiger partial charge in [0.05, 0.1) is 25.3 Å². The second-order valence-electron chi connectivity index (χ2n) is 10.1. The molecule has 3 nitrogen and oxygen atoms in total. The van der Waals surface area contributed by atoms with Gasteiger partial charge >= 0.3 is 0 Å². The van der Waals surface area contributed by atoms with Crippen LogP contribution in [-0.2, 0) is 0 Å². The van der Waals surface area contributed by atoms with Crippen molar-refractivity contribution in [1.82, 2.24) is 0 Å². The molecule has 4 saturated carbocycles. The third kappa shape index (κ3) is 2.49. The number of fused-ring (bicyclic) bond motifs is 5. The van der Waals surface area contributed by atoms with E-state index in [4.69, 9.17) is 0 Å². The van der Waals surface area contributed by atoms with Gasteiger partial charge < -0.3 is 15.5 Å². The van der Waals surface area contributed by atoms with Crippen LogP contribution in [0.1, 0.15) is 71.6 Å². The Bertz CT molecular complexity index is 469. The van der Waals surface area contributed by atoms with Crippen LogP contribution in [0.2, 0.25) is 0 Å². The van der Waals surface area contributed by atoms with E-state index in [1.165, 1.54) is 44.9 Å². The Labute approximate surface area is 147 Å². The maximum atomic E-state index is 10.1. The third-order valence-electron chi connectivity index (χ3n) is 9.29. The predicted octanol–water partition coefficient (Wildman–Crippen LogP) is 2.31. The smallest absolute Gasteiger partial charge is 0.0992 e. The summed E-state index contributed by atoms with van der Waals surface area (Å²) in [7, 11) is 0. The molecule has 4 aliphatic rings. The van der Waals surface area contributed by atoms with E-state index >= 15 is 0 Å². The fraction of sp³-hybridized carbons (Fsp3) is 1.00. The van der Waals surface area contributed by atoms with E-state index in [1.807, 2.05) is 0 Å². The Hall–Kier alpha value is -0.120. The Kier molecular flexibility index (Phi) is 4.50. The molecule has 4 N–H and O–H groups in total. The summed E-state index contributed by atoms with van der Waals surface area (Å²) < 4.78 is 0. The van der Waals surface area contributed by atoms with E-state index in [1.54, 1.807) is 0 Å². The van der Waals surface area contributed by atoms with Gasteiger partial charge in [-0.15, -0.1) is 0 Å². The van der Waals surface area contributed by atoms with Gasteiger partial charge in [0.25, 0.3) is 0 Å². The lowest BCUT2D eigenvalue weighted by molar-refractivity contribution is -0.702. The van der Waals surface area contributed by atoms with E-state index in [2.05, 4.69) is 19.2 Å². The Morgan fingerprint density at radius 2 is 1.67 bits per heavy atom. The topological polar surface area (TPSA) is 57.1 Å². The predicted molar refractivity (Wildman–Crippen MR) is 95.4 cm³/mol. The molecule has 0 heterocycles. The first-order valence-electron chi connectivity index (χ1n) is 10.6. The molecule has 0 aliphatic heterocycles. The highest BCUT2D eigenvalue weighted by molar-refractivity contribution is 5.09. The van der Waals surface area contributed by atoms with Crippen molar-refractivity contribution in [3.8, 4) is 0 Å². The number of nitrogens with two attached hydrogens (primary N) is 1. The van der Waals surface area contributed by atoms with Crippen LogP contribution in [-0.4, -0.2) is 35.5 Å². The van der Waals surface area contributed by atoms with E-state index in [0.29, 0.717) is 17.4 Å². The summed E-state index contributed by atoms with van der Waals surface area (Å²) in [6.07, 6.45) is 11.6. The summed E-state index contributed by atoms with van der Waals surface area (Å²) in [6.45, 7) is 6.33. The molecule has 138 valence electrons. The fourth-order valence-electron chi connectivity index (χ4n) is 7.94. The minimum absolute atomic E-state index is 0.0302. The maximum Gasteiger partial charge on any atom is 0.0992 e. The lowest BCUT2D eigenvalue weighted by atomic mass is 9.45. The highest BCUT2D eigenvalue weighted by Gasteiger charge is 2.61. The molecule has 0 radical (unpaired) electrons. The van der Waals surface area contributed by atoms with Gasteiger partial charge in [-0.3, -0.25) is 0 Å². The second-order valence-corrected chi connectivity index (χ2v) is 10.1. The van der Waals surface area contributed by atoms with Gasteiger partial charge in [-0.1, -0.05) is 13.8 Å². The molecule has 0 spiro atoms. The van der Waals surface area contributed by atoms with Gasteiger partial charge in [-0.05, 0) is 80.5 Å². The second kappa shape index (κ2) is 6.25. The van der Waals surface area contributed by atoms with Crippen LogP contribution in [0.5, 0.6) is 0 Å². The van der Waals surface area contributed by atoms with Crippen LogP contribution in [0.4, 0.5) is 0 Å². The molecule has 8 atom stereocenters. The molecular formula is C21H38NO2+. The van der Waals surface area contributed by atoms with Gasteiger partial charge in [0.1, 0.15) is 0 Å². The zero-order valence-electron chi connectivity index (χ0n) is 15.7. The number of hydrogen-bond acceptors (Lipinski definition) is 2. The number of hydrogen-bond donors (Lipinski definition) is 3. The summed E-state index contributed by atoms with van der Waals surface area (Å²) in [6, 6.07) is 0.731.